The Hall–Kier alpha value is -1.36. The van der Waals surface area contributed by atoms with E-state index in [9.17, 15) is 13.2 Å². The van der Waals surface area contributed by atoms with Crippen molar-refractivity contribution in [3.8, 4) is 0 Å². The van der Waals surface area contributed by atoms with E-state index >= 15 is 0 Å². The molecule has 0 aromatic heterocycles. The predicted octanol–water partition coefficient (Wildman–Crippen LogP) is 2.32. The summed E-state index contributed by atoms with van der Waals surface area (Å²) in [5.41, 5.74) is 1.01. The number of hydrogen-bond acceptors (Lipinski definition) is 4. The third kappa shape index (κ3) is 4.35. The molecular formula is C14H20O4S. The van der Waals surface area contributed by atoms with Crippen LogP contribution in [0.3, 0.4) is 0 Å². The van der Waals surface area contributed by atoms with Crippen molar-refractivity contribution in [3.05, 3.63) is 29.8 Å². The molecule has 0 saturated carbocycles. The minimum absolute atomic E-state index is 0.0383. The fourth-order valence-electron chi connectivity index (χ4n) is 1.60. The minimum Gasteiger partial charge on any atom is -0.465 e. The van der Waals surface area contributed by atoms with Crippen molar-refractivity contribution in [3.63, 3.8) is 0 Å². The van der Waals surface area contributed by atoms with Gasteiger partial charge in [0.05, 0.1) is 11.5 Å². The van der Waals surface area contributed by atoms with Gasteiger partial charge in [-0.25, -0.2) is 8.42 Å². The predicted molar refractivity (Wildman–Crippen MR) is 73.8 cm³/mol. The first-order valence-electron chi connectivity index (χ1n) is 6.16. The summed E-state index contributed by atoms with van der Waals surface area (Å²) in [5, 5.41) is 0. The lowest BCUT2D eigenvalue weighted by molar-refractivity contribution is -0.139. The molecule has 19 heavy (non-hydrogen) atoms. The van der Waals surface area contributed by atoms with Crippen molar-refractivity contribution in [2.24, 2.45) is 0 Å². The van der Waals surface area contributed by atoms with E-state index in [1.54, 1.807) is 19.1 Å². The van der Waals surface area contributed by atoms with Crippen molar-refractivity contribution < 1.29 is 17.9 Å². The molecular weight excluding hydrogens is 264 g/mol. The maximum absolute atomic E-state index is 12.0. The van der Waals surface area contributed by atoms with E-state index in [0.29, 0.717) is 0 Å². The average molecular weight is 284 g/mol. The van der Waals surface area contributed by atoms with Crippen LogP contribution < -0.4 is 0 Å². The molecule has 0 aliphatic carbocycles. The lowest BCUT2D eigenvalue weighted by Gasteiger charge is -2.19. The number of carbonyl (C=O) groups excluding carboxylic acids is 1. The summed E-state index contributed by atoms with van der Waals surface area (Å²) in [6.45, 7) is 7.97. The van der Waals surface area contributed by atoms with Crippen LogP contribution in [-0.2, 0) is 24.8 Å². The maximum Gasteiger partial charge on any atom is 0.321 e. The number of benzene rings is 1. The van der Waals surface area contributed by atoms with Crippen LogP contribution in [0, 0.1) is 0 Å². The molecule has 0 aliphatic heterocycles. The van der Waals surface area contributed by atoms with E-state index in [-0.39, 0.29) is 16.9 Å². The molecule has 1 rings (SSSR count). The monoisotopic (exact) mass is 284 g/mol. The molecule has 0 atom stereocenters. The Labute approximate surface area is 114 Å². The van der Waals surface area contributed by atoms with Crippen molar-refractivity contribution in [2.75, 3.05) is 12.4 Å². The number of esters is 1. The summed E-state index contributed by atoms with van der Waals surface area (Å²) in [6.07, 6.45) is 0. The molecule has 0 aliphatic rings. The Morgan fingerprint density at radius 2 is 1.68 bits per heavy atom. The maximum atomic E-state index is 12.0. The van der Waals surface area contributed by atoms with Crippen LogP contribution in [0.1, 0.15) is 33.3 Å². The van der Waals surface area contributed by atoms with E-state index in [1.165, 1.54) is 12.1 Å². The molecule has 1 aromatic rings. The van der Waals surface area contributed by atoms with E-state index in [4.69, 9.17) is 0 Å². The normalized spacial score (nSPS) is 12.2. The number of carbonyl (C=O) groups is 1. The lowest BCUT2D eigenvalue weighted by Crippen LogP contribution is -2.19. The van der Waals surface area contributed by atoms with Gasteiger partial charge in [0.2, 0.25) is 0 Å². The van der Waals surface area contributed by atoms with Gasteiger partial charge in [0.15, 0.2) is 15.6 Å². The summed E-state index contributed by atoms with van der Waals surface area (Å²) in [4.78, 5) is 11.4. The largest absolute Gasteiger partial charge is 0.465 e. The molecule has 0 saturated heterocycles. The highest BCUT2D eigenvalue weighted by Gasteiger charge is 2.21. The number of rotatable bonds is 4. The highest BCUT2D eigenvalue weighted by Crippen LogP contribution is 2.23. The third-order valence-corrected chi connectivity index (χ3v) is 4.30. The van der Waals surface area contributed by atoms with Gasteiger partial charge in [0, 0.05) is 0 Å². The molecule has 4 nitrogen and oxygen atoms in total. The lowest BCUT2D eigenvalue weighted by atomic mass is 9.87. The Bertz CT molecular complexity index is 536. The van der Waals surface area contributed by atoms with E-state index in [0.717, 1.165) is 5.56 Å². The second-order valence-electron chi connectivity index (χ2n) is 5.34. The van der Waals surface area contributed by atoms with Crippen molar-refractivity contribution in [2.45, 2.75) is 38.0 Å². The van der Waals surface area contributed by atoms with E-state index in [1.807, 2.05) is 0 Å². The van der Waals surface area contributed by atoms with Crippen LogP contribution in [0.15, 0.2) is 29.2 Å². The number of hydrogen-bond donors (Lipinski definition) is 0. The van der Waals surface area contributed by atoms with Crippen molar-refractivity contribution >= 4 is 15.8 Å². The zero-order chi connectivity index (χ0) is 14.7. The van der Waals surface area contributed by atoms with Crippen molar-refractivity contribution in [1.29, 1.82) is 0 Å². The average Bonchev–Trinajstić information content (AvgIpc) is 2.27. The number of sulfone groups is 1. The molecule has 0 amide bonds. The Morgan fingerprint density at radius 3 is 2.11 bits per heavy atom. The zero-order valence-corrected chi connectivity index (χ0v) is 12.6. The van der Waals surface area contributed by atoms with Gasteiger partial charge < -0.3 is 4.74 Å². The SMILES string of the molecule is CCOC(=O)CS(=O)(=O)c1ccc(C(C)(C)C)cc1. The van der Waals surface area contributed by atoms with Gasteiger partial charge in [-0.2, -0.15) is 0 Å². The number of ether oxygens (including phenoxy) is 1. The van der Waals surface area contributed by atoms with Gasteiger partial charge in [0.25, 0.3) is 0 Å². The summed E-state index contributed by atoms with van der Waals surface area (Å²) in [5.74, 6) is -1.34. The molecule has 0 heterocycles. The molecule has 0 N–H and O–H groups in total. The van der Waals surface area contributed by atoms with Crippen LogP contribution in [0.25, 0.3) is 0 Å². The summed E-state index contributed by atoms with van der Waals surface area (Å²) in [6, 6.07) is 6.63. The summed E-state index contributed by atoms with van der Waals surface area (Å²) < 4.78 is 28.6. The van der Waals surface area contributed by atoms with Gasteiger partial charge in [-0.3, -0.25) is 4.79 Å². The molecule has 0 spiro atoms. The first-order chi connectivity index (χ1) is 8.66. The van der Waals surface area contributed by atoms with Crippen LogP contribution in [0.5, 0.6) is 0 Å². The zero-order valence-electron chi connectivity index (χ0n) is 11.8. The van der Waals surface area contributed by atoms with Crippen LogP contribution >= 0.6 is 0 Å². The minimum atomic E-state index is -3.62. The van der Waals surface area contributed by atoms with Gasteiger partial charge >= 0.3 is 5.97 Å². The quantitative estimate of drug-likeness (QED) is 0.796. The summed E-state index contributed by atoms with van der Waals surface area (Å²) >= 11 is 0. The van der Waals surface area contributed by atoms with Gasteiger partial charge in [0.1, 0.15) is 0 Å². The highest BCUT2D eigenvalue weighted by atomic mass is 32.2. The standard InChI is InChI=1S/C14H20O4S/c1-5-18-13(15)10-19(16,17)12-8-6-11(7-9-12)14(2,3)4/h6-9H,5,10H2,1-4H3. The topological polar surface area (TPSA) is 60.4 Å². The fourth-order valence-corrected chi connectivity index (χ4v) is 2.71. The summed E-state index contributed by atoms with van der Waals surface area (Å²) in [7, 11) is -3.62. The second kappa shape index (κ2) is 5.74. The Kier molecular flexibility index (Phi) is 4.74. The first kappa shape index (κ1) is 15.7. The van der Waals surface area contributed by atoms with Gasteiger partial charge in [-0.1, -0.05) is 32.9 Å². The Morgan fingerprint density at radius 1 is 1.16 bits per heavy atom. The molecule has 106 valence electrons. The first-order valence-corrected chi connectivity index (χ1v) is 7.81. The molecule has 0 unspecified atom stereocenters. The molecule has 1 aromatic carbocycles. The molecule has 0 fully saturated rings. The second-order valence-corrected chi connectivity index (χ2v) is 7.33. The third-order valence-electron chi connectivity index (χ3n) is 2.69. The van der Waals surface area contributed by atoms with E-state index in [2.05, 4.69) is 25.5 Å². The molecule has 0 radical (unpaired) electrons. The van der Waals surface area contributed by atoms with Crippen LogP contribution in [0.4, 0.5) is 0 Å². The molecule has 0 bridgehead atoms. The highest BCUT2D eigenvalue weighted by molar-refractivity contribution is 7.92. The van der Waals surface area contributed by atoms with Crippen molar-refractivity contribution in [1.82, 2.24) is 0 Å². The smallest absolute Gasteiger partial charge is 0.321 e. The molecule has 5 heteroatoms. The fraction of sp³-hybridized carbons (Fsp3) is 0.500. The van der Waals surface area contributed by atoms with Gasteiger partial charge in [-0.05, 0) is 30.0 Å². The van der Waals surface area contributed by atoms with E-state index < -0.39 is 21.6 Å². The van der Waals surface area contributed by atoms with Gasteiger partial charge in [-0.15, -0.1) is 0 Å². The Balaban J connectivity index is 2.94. The van der Waals surface area contributed by atoms with Crippen LogP contribution in [-0.4, -0.2) is 26.7 Å². The van der Waals surface area contributed by atoms with Crippen LogP contribution in [0.2, 0.25) is 0 Å².